The molecule has 0 saturated carbocycles. The van der Waals surface area contributed by atoms with Crippen LogP contribution in [-0.4, -0.2) is 31.0 Å². The predicted molar refractivity (Wildman–Crippen MR) is 88.0 cm³/mol. The minimum atomic E-state index is -0.403. The highest BCUT2D eigenvalue weighted by molar-refractivity contribution is 6.15. The fourth-order valence-corrected chi connectivity index (χ4v) is 2.22. The number of anilines is 1. The van der Waals surface area contributed by atoms with E-state index >= 15 is 0 Å². The number of benzene rings is 1. The Labute approximate surface area is 139 Å². The van der Waals surface area contributed by atoms with Crippen LogP contribution in [-0.2, 0) is 19.1 Å². The van der Waals surface area contributed by atoms with Crippen molar-refractivity contribution in [2.45, 2.75) is 26.2 Å². The standard InChI is InChI=1S/C17H20N2O5/c1-2-23-16(21)4-3-7-24-13-5-6-14(18)11(9-13)8-12-10-15(20)19-17(12)22/h5-6,8-9H,2-4,7,10,18H2,1H3,(H,19,20,22)/b12-8+. The average Bonchev–Trinajstić information content (AvgIpc) is 2.85. The SMILES string of the molecule is CCOC(=O)CCCOc1ccc(N)c(/C=C2\CC(=O)NC2=O)c1. The molecule has 3 N–H and O–H groups in total. The molecule has 0 aromatic heterocycles. The molecule has 1 aromatic carbocycles. The first-order valence-electron chi connectivity index (χ1n) is 7.72. The van der Waals surface area contributed by atoms with Crippen LogP contribution in [0.4, 0.5) is 5.69 Å². The molecule has 2 rings (SSSR count). The summed E-state index contributed by atoms with van der Waals surface area (Å²) in [7, 11) is 0. The molecule has 0 spiro atoms. The Kier molecular flexibility index (Phi) is 5.95. The number of nitrogen functional groups attached to an aromatic ring is 1. The zero-order valence-corrected chi connectivity index (χ0v) is 13.5. The first-order chi connectivity index (χ1) is 11.5. The van der Waals surface area contributed by atoms with E-state index in [9.17, 15) is 14.4 Å². The van der Waals surface area contributed by atoms with Gasteiger partial charge in [-0.15, -0.1) is 0 Å². The zero-order chi connectivity index (χ0) is 17.5. The first kappa shape index (κ1) is 17.5. The van der Waals surface area contributed by atoms with E-state index in [1.54, 1.807) is 31.2 Å². The maximum Gasteiger partial charge on any atom is 0.305 e. The molecule has 0 bridgehead atoms. The average molecular weight is 332 g/mol. The van der Waals surface area contributed by atoms with Crippen LogP contribution in [0, 0.1) is 0 Å². The second kappa shape index (κ2) is 8.14. The first-order valence-corrected chi connectivity index (χ1v) is 7.72. The summed E-state index contributed by atoms with van der Waals surface area (Å²) in [4.78, 5) is 34.0. The Morgan fingerprint density at radius 1 is 1.38 bits per heavy atom. The van der Waals surface area contributed by atoms with Gasteiger partial charge in [-0.05, 0) is 37.6 Å². The monoisotopic (exact) mass is 332 g/mol. The molecule has 1 aromatic rings. The molecule has 1 aliphatic heterocycles. The molecule has 2 amide bonds. The van der Waals surface area contributed by atoms with E-state index in [-0.39, 0.29) is 18.3 Å². The third kappa shape index (κ3) is 4.84. The van der Waals surface area contributed by atoms with Gasteiger partial charge in [0.05, 0.1) is 19.6 Å². The molecule has 0 aliphatic carbocycles. The van der Waals surface area contributed by atoms with Gasteiger partial charge < -0.3 is 15.2 Å². The fourth-order valence-electron chi connectivity index (χ4n) is 2.22. The molecule has 24 heavy (non-hydrogen) atoms. The summed E-state index contributed by atoms with van der Waals surface area (Å²) >= 11 is 0. The molecule has 0 atom stereocenters. The maximum atomic E-state index is 11.6. The van der Waals surface area contributed by atoms with Crippen LogP contribution in [0.3, 0.4) is 0 Å². The molecule has 7 nitrogen and oxygen atoms in total. The Morgan fingerprint density at radius 3 is 2.83 bits per heavy atom. The van der Waals surface area contributed by atoms with Gasteiger partial charge in [-0.2, -0.15) is 0 Å². The summed E-state index contributed by atoms with van der Waals surface area (Å²) in [6.45, 7) is 2.49. The third-order valence-corrected chi connectivity index (χ3v) is 3.38. The number of nitrogens with one attached hydrogen (secondary N) is 1. The van der Waals surface area contributed by atoms with Crippen LogP contribution in [0.15, 0.2) is 23.8 Å². The zero-order valence-electron chi connectivity index (χ0n) is 13.5. The van der Waals surface area contributed by atoms with E-state index in [0.717, 1.165) is 0 Å². The number of rotatable bonds is 7. The van der Waals surface area contributed by atoms with E-state index in [2.05, 4.69) is 5.32 Å². The van der Waals surface area contributed by atoms with E-state index in [1.165, 1.54) is 0 Å². The second-order valence-electron chi connectivity index (χ2n) is 5.27. The number of esters is 1. The number of carbonyl (C=O) groups is 3. The lowest BCUT2D eigenvalue weighted by Crippen LogP contribution is -2.19. The van der Waals surface area contributed by atoms with E-state index in [1.807, 2.05) is 0 Å². The van der Waals surface area contributed by atoms with E-state index < -0.39 is 5.91 Å². The van der Waals surface area contributed by atoms with Crippen molar-refractivity contribution in [3.05, 3.63) is 29.3 Å². The summed E-state index contributed by atoms with van der Waals surface area (Å²) in [6, 6.07) is 5.08. The van der Waals surface area contributed by atoms with Crippen LogP contribution in [0.5, 0.6) is 5.75 Å². The number of imide groups is 1. The van der Waals surface area contributed by atoms with Gasteiger partial charge in [0.15, 0.2) is 0 Å². The molecule has 1 saturated heterocycles. The van der Waals surface area contributed by atoms with Crippen molar-refractivity contribution in [1.29, 1.82) is 0 Å². The highest BCUT2D eigenvalue weighted by Crippen LogP contribution is 2.24. The summed E-state index contributed by atoms with van der Waals surface area (Å²) in [6.07, 6.45) is 2.46. The normalized spacial score (nSPS) is 15.5. The second-order valence-corrected chi connectivity index (χ2v) is 5.27. The van der Waals surface area contributed by atoms with Gasteiger partial charge in [0, 0.05) is 23.2 Å². The number of nitrogens with two attached hydrogens (primary N) is 1. The predicted octanol–water partition coefficient (Wildman–Crippen LogP) is 1.42. The van der Waals surface area contributed by atoms with Crippen molar-refractivity contribution in [1.82, 2.24) is 5.32 Å². The summed E-state index contributed by atoms with van der Waals surface area (Å²) in [5.41, 5.74) is 7.35. The van der Waals surface area contributed by atoms with Gasteiger partial charge in [-0.25, -0.2) is 0 Å². The van der Waals surface area contributed by atoms with E-state index in [4.69, 9.17) is 15.2 Å². The Hall–Kier alpha value is -2.83. The van der Waals surface area contributed by atoms with Crippen molar-refractivity contribution < 1.29 is 23.9 Å². The Morgan fingerprint density at radius 2 is 2.17 bits per heavy atom. The van der Waals surface area contributed by atoms with Crippen molar-refractivity contribution >= 4 is 29.5 Å². The van der Waals surface area contributed by atoms with Crippen LogP contribution in [0.25, 0.3) is 6.08 Å². The number of carbonyl (C=O) groups excluding carboxylic acids is 3. The number of amides is 2. The van der Waals surface area contributed by atoms with Gasteiger partial charge in [0.25, 0.3) is 5.91 Å². The number of hydrogen-bond donors (Lipinski definition) is 2. The quantitative estimate of drug-likeness (QED) is 0.257. The van der Waals surface area contributed by atoms with Crippen LogP contribution < -0.4 is 15.8 Å². The van der Waals surface area contributed by atoms with Crippen LogP contribution >= 0.6 is 0 Å². The van der Waals surface area contributed by atoms with Crippen LogP contribution in [0.1, 0.15) is 31.7 Å². The van der Waals surface area contributed by atoms with Gasteiger partial charge in [0.1, 0.15) is 5.75 Å². The maximum absolute atomic E-state index is 11.6. The minimum absolute atomic E-state index is 0.0445. The van der Waals surface area contributed by atoms with Gasteiger partial charge in [0.2, 0.25) is 5.91 Å². The summed E-state index contributed by atoms with van der Waals surface area (Å²) in [5.74, 6) is -0.401. The molecule has 1 fully saturated rings. The molecular formula is C17H20N2O5. The Bertz CT molecular complexity index is 682. The molecule has 1 aliphatic rings. The fraction of sp³-hybridized carbons (Fsp3) is 0.353. The smallest absolute Gasteiger partial charge is 0.305 e. The molecule has 0 unspecified atom stereocenters. The minimum Gasteiger partial charge on any atom is -0.494 e. The van der Waals surface area contributed by atoms with Crippen molar-refractivity contribution in [3.63, 3.8) is 0 Å². The van der Waals surface area contributed by atoms with Crippen molar-refractivity contribution in [2.24, 2.45) is 0 Å². The molecule has 128 valence electrons. The lowest BCUT2D eigenvalue weighted by molar-refractivity contribution is -0.143. The highest BCUT2D eigenvalue weighted by atomic mass is 16.5. The summed E-state index contributed by atoms with van der Waals surface area (Å²) in [5, 5.41) is 2.22. The lowest BCUT2D eigenvalue weighted by Gasteiger charge is -2.09. The Balaban J connectivity index is 1.96. The van der Waals surface area contributed by atoms with Gasteiger partial charge in [-0.3, -0.25) is 19.7 Å². The van der Waals surface area contributed by atoms with E-state index in [0.29, 0.717) is 48.6 Å². The summed E-state index contributed by atoms with van der Waals surface area (Å²) < 4.78 is 10.4. The third-order valence-electron chi connectivity index (χ3n) is 3.38. The largest absolute Gasteiger partial charge is 0.494 e. The van der Waals surface area contributed by atoms with Gasteiger partial charge >= 0.3 is 5.97 Å². The molecule has 1 heterocycles. The molecule has 7 heteroatoms. The van der Waals surface area contributed by atoms with Gasteiger partial charge in [-0.1, -0.05) is 0 Å². The lowest BCUT2D eigenvalue weighted by atomic mass is 10.1. The van der Waals surface area contributed by atoms with Crippen molar-refractivity contribution in [2.75, 3.05) is 18.9 Å². The number of ether oxygens (including phenoxy) is 2. The molecular weight excluding hydrogens is 312 g/mol. The van der Waals surface area contributed by atoms with Crippen LogP contribution in [0.2, 0.25) is 0 Å². The molecule has 0 radical (unpaired) electrons. The number of hydrogen-bond acceptors (Lipinski definition) is 6. The topological polar surface area (TPSA) is 108 Å². The van der Waals surface area contributed by atoms with Crippen molar-refractivity contribution in [3.8, 4) is 5.75 Å². The highest BCUT2D eigenvalue weighted by Gasteiger charge is 2.23.